The third kappa shape index (κ3) is 2.96. The third-order valence-corrected chi connectivity index (χ3v) is 3.17. The number of amides is 1. The van der Waals surface area contributed by atoms with Gasteiger partial charge in [0.05, 0.1) is 11.9 Å². The number of nitrogen functional groups attached to an aromatic ring is 1. The lowest BCUT2D eigenvalue weighted by molar-refractivity contribution is 0.0945. The van der Waals surface area contributed by atoms with Gasteiger partial charge >= 0.3 is 0 Å². The standard InChI is InChI=1S/C14H17FN4O/c1-9-7-11(15)4-3-10(9)5-6-17-14(20)13-12(16)8-18-19(13)2/h3-4,7-8H,5-6,16H2,1-2H3,(H,17,20). The van der Waals surface area contributed by atoms with Crippen LogP contribution in [0.1, 0.15) is 21.6 Å². The highest BCUT2D eigenvalue weighted by Gasteiger charge is 2.14. The van der Waals surface area contributed by atoms with Crippen LogP contribution in [0.25, 0.3) is 0 Å². The summed E-state index contributed by atoms with van der Waals surface area (Å²) in [6.45, 7) is 2.30. The number of nitrogens with one attached hydrogen (secondary N) is 1. The average molecular weight is 276 g/mol. The summed E-state index contributed by atoms with van der Waals surface area (Å²) in [5.74, 6) is -0.514. The Morgan fingerprint density at radius 3 is 2.85 bits per heavy atom. The molecule has 2 rings (SSSR count). The molecule has 6 heteroatoms. The molecule has 20 heavy (non-hydrogen) atoms. The van der Waals surface area contributed by atoms with E-state index in [9.17, 15) is 9.18 Å². The number of hydrogen-bond donors (Lipinski definition) is 2. The van der Waals surface area contributed by atoms with Crippen LogP contribution in [0, 0.1) is 12.7 Å². The summed E-state index contributed by atoms with van der Waals surface area (Å²) in [6.07, 6.45) is 2.08. The normalized spacial score (nSPS) is 10.6. The van der Waals surface area contributed by atoms with Gasteiger partial charge in [0.2, 0.25) is 0 Å². The molecule has 0 aliphatic carbocycles. The second kappa shape index (κ2) is 5.73. The molecule has 3 N–H and O–H groups in total. The molecule has 0 bridgehead atoms. The topological polar surface area (TPSA) is 72.9 Å². The van der Waals surface area contributed by atoms with Gasteiger partial charge in [-0.05, 0) is 36.6 Å². The average Bonchev–Trinajstić information content (AvgIpc) is 2.71. The molecule has 0 saturated heterocycles. The zero-order valence-electron chi connectivity index (χ0n) is 11.5. The van der Waals surface area contributed by atoms with Crippen LogP contribution in [-0.4, -0.2) is 22.2 Å². The second-order valence-electron chi connectivity index (χ2n) is 4.65. The van der Waals surface area contributed by atoms with E-state index in [1.165, 1.54) is 23.0 Å². The monoisotopic (exact) mass is 276 g/mol. The molecule has 106 valence electrons. The summed E-state index contributed by atoms with van der Waals surface area (Å²) < 4.78 is 14.4. The Morgan fingerprint density at radius 1 is 1.50 bits per heavy atom. The van der Waals surface area contributed by atoms with Crippen molar-refractivity contribution in [3.8, 4) is 0 Å². The molecule has 0 fully saturated rings. The number of hydrogen-bond acceptors (Lipinski definition) is 3. The molecule has 5 nitrogen and oxygen atoms in total. The van der Waals surface area contributed by atoms with Gasteiger partial charge in [0.25, 0.3) is 5.91 Å². The fourth-order valence-electron chi connectivity index (χ4n) is 2.07. The fourth-order valence-corrected chi connectivity index (χ4v) is 2.07. The summed E-state index contributed by atoms with van der Waals surface area (Å²) >= 11 is 0. The first-order valence-corrected chi connectivity index (χ1v) is 6.29. The number of nitrogens with two attached hydrogens (primary N) is 1. The van der Waals surface area contributed by atoms with Crippen molar-refractivity contribution in [1.29, 1.82) is 0 Å². The lowest BCUT2D eigenvalue weighted by atomic mass is 10.1. The van der Waals surface area contributed by atoms with Crippen molar-refractivity contribution in [1.82, 2.24) is 15.1 Å². The van der Waals surface area contributed by atoms with Crippen molar-refractivity contribution < 1.29 is 9.18 Å². The number of rotatable bonds is 4. The maximum atomic E-state index is 13.0. The first-order valence-electron chi connectivity index (χ1n) is 6.29. The molecule has 2 aromatic rings. The van der Waals surface area contributed by atoms with Gasteiger partial charge in [-0.1, -0.05) is 6.07 Å². The van der Waals surface area contributed by atoms with Gasteiger partial charge in [-0.15, -0.1) is 0 Å². The molecule has 0 unspecified atom stereocenters. The molecular weight excluding hydrogens is 259 g/mol. The summed E-state index contributed by atoms with van der Waals surface area (Å²) in [5, 5.41) is 6.70. The number of benzene rings is 1. The fraction of sp³-hybridized carbons (Fsp3) is 0.286. The summed E-state index contributed by atoms with van der Waals surface area (Å²) in [7, 11) is 1.66. The summed E-state index contributed by atoms with van der Waals surface area (Å²) in [6, 6.07) is 4.63. The van der Waals surface area contributed by atoms with E-state index in [1.54, 1.807) is 13.1 Å². The molecule has 0 radical (unpaired) electrons. The molecule has 0 saturated carbocycles. The maximum Gasteiger partial charge on any atom is 0.271 e. The van der Waals surface area contributed by atoms with Gasteiger partial charge in [0.1, 0.15) is 11.5 Å². The highest BCUT2D eigenvalue weighted by atomic mass is 19.1. The predicted molar refractivity (Wildman–Crippen MR) is 74.8 cm³/mol. The van der Waals surface area contributed by atoms with Crippen LogP contribution in [0.4, 0.5) is 10.1 Å². The van der Waals surface area contributed by atoms with Crippen molar-refractivity contribution in [3.05, 3.63) is 47.0 Å². The van der Waals surface area contributed by atoms with Gasteiger partial charge in [-0.25, -0.2) is 4.39 Å². The molecule has 1 amide bonds. The smallest absolute Gasteiger partial charge is 0.271 e. The molecule has 1 aromatic heterocycles. The lowest BCUT2D eigenvalue weighted by Crippen LogP contribution is -2.28. The molecule has 0 atom stereocenters. The highest BCUT2D eigenvalue weighted by Crippen LogP contribution is 2.11. The minimum atomic E-state index is -0.262. The van der Waals surface area contributed by atoms with Crippen molar-refractivity contribution in [3.63, 3.8) is 0 Å². The van der Waals surface area contributed by atoms with E-state index in [0.29, 0.717) is 24.3 Å². The maximum absolute atomic E-state index is 13.0. The van der Waals surface area contributed by atoms with E-state index in [0.717, 1.165) is 11.1 Å². The number of aryl methyl sites for hydroxylation is 2. The largest absolute Gasteiger partial charge is 0.396 e. The first-order chi connectivity index (χ1) is 9.49. The van der Waals surface area contributed by atoms with E-state index < -0.39 is 0 Å². The van der Waals surface area contributed by atoms with Gasteiger partial charge in [-0.3, -0.25) is 9.48 Å². The lowest BCUT2D eigenvalue weighted by Gasteiger charge is -2.08. The summed E-state index contributed by atoms with van der Waals surface area (Å²) in [5.41, 5.74) is 8.26. The van der Waals surface area contributed by atoms with E-state index in [-0.39, 0.29) is 11.7 Å². The summed E-state index contributed by atoms with van der Waals surface area (Å²) in [4.78, 5) is 12.0. The SMILES string of the molecule is Cc1cc(F)ccc1CCNC(=O)c1c(N)cnn1C. The Bertz CT molecular complexity index is 617. The van der Waals surface area contributed by atoms with Crippen LogP contribution in [0.2, 0.25) is 0 Å². The van der Waals surface area contributed by atoms with Gasteiger partial charge in [0.15, 0.2) is 0 Å². The van der Waals surface area contributed by atoms with Gasteiger partial charge in [0, 0.05) is 13.6 Å². The molecule has 1 aromatic carbocycles. The number of carbonyl (C=O) groups excluding carboxylic acids is 1. The van der Waals surface area contributed by atoms with Crippen LogP contribution < -0.4 is 11.1 Å². The molecular formula is C14H17FN4O. The van der Waals surface area contributed by atoms with Crippen LogP contribution in [-0.2, 0) is 13.5 Å². The number of anilines is 1. The molecule has 0 spiro atoms. The van der Waals surface area contributed by atoms with Gasteiger partial charge < -0.3 is 11.1 Å². The number of carbonyl (C=O) groups is 1. The zero-order chi connectivity index (χ0) is 14.7. The Morgan fingerprint density at radius 2 is 2.25 bits per heavy atom. The zero-order valence-corrected chi connectivity index (χ0v) is 11.5. The van der Waals surface area contributed by atoms with Crippen LogP contribution >= 0.6 is 0 Å². The van der Waals surface area contributed by atoms with Crippen molar-refractivity contribution in [2.24, 2.45) is 7.05 Å². The second-order valence-corrected chi connectivity index (χ2v) is 4.65. The number of aromatic nitrogens is 2. The molecule has 0 aliphatic rings. The van der Waals surface area contributed by atoms with Crippen LogP contribution in [0.3, 0.4) is 0 Å². The van der Waals surface area contributed by atoms with Crippen molar-refractivity contribution in [2.75, 3.05) is 12.3 Å². The number of halogens is 1. The van der Waals surface area contributed by atoms with Crippen molar-refractivity contribution >= 4 is 11.6 Å². The Hall–Kier alpha value is -2.37. The third-order valence-electron chi connectivity index (χ3n) is 3.17. The van der Waals surface area contributed by atoms with Crippen LogP contribution in [0.15, 0.2) is 24.4 Å². The first kappa shape index (κ1) is 14.0. The molecule has 1 heterocycles. The Labute approximate surface area is 116 Å². The van der Waals surface area contributed by atoms with Crippen LogP contribution in [0.5, 0.6) is 0 Å². The Balaban J connectivity index is 1.95. The van der Waals surface area contributed by atoms with Crippen molar-refractivity contribution in [2.45, 2.75) is 13.3 Å². The minimum absolute atomic E-state index is 0.252. The van der Waals surface area contributed by atoms with E-state index >= 15 is 0 Å². The van der Waals surface area contributed by atoms with E-state index in [1.807, 2.05) is 6.92 Å². The highest BCUT2D eigenvalue weighted by molar-refractivity contribution is 5.97. The van der Waals surface area contributed by atoms with E-state index in [2.05, 4.69) is 10.4 Å². The number of nitrogens with zero attached hydrogens (tertiary/aromatic N) is 2. The molecule has 0 aliphatic heterocycles. The Kier molecular flexibility index (Phi) is 4.02. The van der Waals surface area contributed by atoms with E-state index in [4.69, 9.17) is 5.73 Å². The predicted octanol–water partition coefficient (Wildman–Crippen LogP) is 1.42. The quantitative estimate of drug-likeness (QED) is 0.887. The van der Waals surface area contributed by atoms with Gasteiger partial charge in [-0.2, -0.15) is 5.10 Å². The minimum Gasteiger partial charge on any atom is -0.396 e.